The molecule has 5 nitrogen and oxygen atoms in total. The van der Waals surface area contributed by atoms with Crippen LogP contribution < -0.4 is 10.2 Å². The lowest BCUT2D eigenvalue weighted by atomic mass is 10.1. The largest absolute Gasteiger partial charge is 0.494 e. The van der Waals surface area contributed by atoms with Crippen molar-refractivity contribution in [1.82, 2.24) is 0 Å². The molecule has 0 amide bonds. The van der Waals surface area contributed by atoms with Crippen molar-refractivity contribution >= 4 is 16.9 Å². The number of benzene rings is 1. The van der Waals surface area contributed by atoms with Gasteiger partial charge in [0, 0.05) is 0 Å². The minimum Gasteiger partial charge on any atom is -0.494 e. The van der Waals surface area contributed by atoms with Crippen LogP contribution in [0.4, 0.5) is 0 Å². The summed E-state index contributed by atoms with van der Waals surface area (Å²) >= 11 is 0. The van der Waals surface area contributed by atoms with Crippen LogP contribution in [0.25, 0.3) is 11.0 Å². The molecule has 1 aromatic heterocycles. The second-order valence-electron chi connectivity index (χ2n) is 3.56. The summed E-state index contributed by atoms with van der Waals surface area (Å²) < 4.78 is 15.0. The molecule has 0 aliphatic rings. The zero-order valence-electron chi connectivity index (χ0n) is 10.1. The summed E-state index contributed by atoms with van der Waals surface area (Å²) in [4.78, 5) is 23.4. The number of hydrogen-bond donors (Lipinski definition) is 0. The van der Waals surface area contributed by atoms with Crippen LogP contribution >= 0.6 is 0 Å². The third kappa shape index (κ3) is 2.07. The lowest BCUT2D eigenvalue weighted by Crippen LogP contribution is -2.15. The molecular weight excluding hydrogens is 236 g/mol. The number of carbonyl (C=O) groups excluding carboxylic acids is 1. The molecule has 1 aromatic carbocycles. The average molecular weight is 248 g/mol. The highest BCUT2D eigenvalue weighted by Crippen LogP contribution is 2.19. The van der Waals surface area contributed by atoms with E-state index >= 15 is 0 Å². The van der Waals surface area contributed by atoms with Crippen LogP contribution in [-0.2, 0) is 4.74 Å². The van der Waals surface area contributed by atoms with Crippen LogP contribution in [0.5, 0.6) is 5.75 Å². The SMILES string of the molecule is CCOc1ccc2occ(C(=O)OC)c(=O)c2c1. The Kier molecular flexibility index (Phi) is 3.32. The Labute approximate surface area is 103 Å². The molecule has 0 N–H and O–H groups in total. The van der Waals surface area contributed by atoms with Crippen molar-refractivity contribution in [2.45, 2.75) is 6.92 Å². The van der Waals surface area contributed by atoms with E-state index in [1.165, 1.54) is 7.11 Å². The van der Waals surface area contributed by atoms with Gasteiger partial charge in [0.05, 0.1) is 19.1 Å². The van der Waals surface area contributed by atoms with Crippen molar-refractivity contribution in [1.29, 1.82) is 0 Å². The van der Waals surface area contributed by atoms with Gasteiger partial charge in [-0.1, -0.05) is 0 Å². The molecule has 2 rings (SSSR count). The summed E-state index contributed by atoms with van der Waals surface area (Å²) in [6.45, 7) is 2.34. The average Bonchev–Trinajstić information content (AvgIpc) is 2.39. The maximum atomic E-state index is 12.1. The number of hydrogen-bond acceptors (Lipinski definition) is 5. The van der Waals surface area contributed by atoms with Gasteiger partial charge in [0.25, 0.3) is 0 Å². The van der Waals surface area contributed by atoms with Gasteiger partial charge in [-0.15, -0.1) is 0 Å². The fourth-order valence-corrected chi connectivity index (χ4v) is 1.62. The molecule has 0 fully saturated rings. The summed E-state index contributed by atoms with van der Waals surface area (Å²) in [5.74, 6) is -0.160. The van der Waals surface area contributed by atoms with Crippen LogP contribution in [0.15, 0.2) is 33.7 Å². The molecule has 0 spiro atoms. The van der Waals surface area contributed by atoms with Crippen LogP contribution in [-0.4, -0.2) is 19.7 Å². The molecule has 94 valence electrons. The topological polar surface area (TPSA) is 65.7 Å². The van der Waals surface area contributed by atoms with Crippen LogP contribution in [0, 0.1) is 0 Å². The number of methoxy groups -OCH3 is 1. The smallest absolute Gasteiger partial charge is 0.345 e. The van der Waals surface area contributed by atoms with E-state index in [0.717, 1.165) is 6.26 Å². The Morgan fingerprint density at radius 2 is 2.17 bits per heavy atom. The first-order chi connectivity index (χ1) is 8.67. The standard InChI is InChI=1S/C13H12O5/c1-3-17-8-4-5-11-9(6-8)12(14)10(7-18-11)13(15)16-2/h4-7H,3H2,1-2H3. The van der Waals surface area contributed by atoms with E-state index in [-0.39, 0.29) is 5.56 Å². The number of rotatable bonds is 3. The molecular formula is C13H12O5. The first-order valence-electron chi connectivity index (χ1n) is 5.44. The Morgan fingerprint density at radius 3 is 2.83 bits per heavy atom. The highest BCUT2D eigenvalue weighted by Gasteiger charge is 2.15. The van der Waals surface area contributed by atoms with E-state index in [2.05, 4.69) is 4.74 Å². The van der Waals surface area contributed by atoms with E-state index in [9.17, 15) is 9.59 Å². The van der Waals surface area contributed by atoms with Gasteiger partial charge < -0.3 is 13.9 Å². The van der Waals surface area contributed by atoms with Crippen molar-refractivity contribution in [3.8, 4) is 5.75 Å². The molecule has 0 saturated carbocycles. The first kappa shape index (κ1) is 12.2. The molecule has 0 radical (unpaired) electrons. The summed E-state index contributed by atoms with van der Waals surface area (Å²) in [6, 6.07) is 4.88. The van der Waals surface area contributed by atoms with Crippen molar-refractivity contribution in [3.63, 3.8) is 0 Å². The van der Waals surface area contributed by atoms with Crippen molar-refractivity contribution < 1.29 is 18.7 Å². The number of esters is 1. The zero-order chi connectivity index (χ0) is 13.1. The molecule has 18 heavy (non-hydrogen) atoms. The van der Waals surface area contributed by atoms with E-state index in [0.29, 0.717) is 23.3 Å². The fraction of sp³-hybridized carbons (Fsp3) is 0.231. The third-order valence-corrected chi connectivity index (χ3v) is 2.46. The third-order valence-electron chi connectivity index (χ3n) is 2.46. The van der Waals surface area contributed by atoms with Crippen LogP contribution in [0.2, 0.25) is 0 Å². The first-order valence-corrected chi connectivity index (χ1v) is 5.44. The summed E-state index contributed by atoms with van der Waals surface area (Å²) in [5.41, 5.74) is -0.153. The Balaban J connectivity index is 2.64. The predicted octanol–water partition coefficient (Wildman–Crippen LogP) is 1.98. The van der Waals surface area contributed by atoms with Crippen molar-refractivity contribution in [2.24, 2.45) is 0 Å². The van der Waals surface area contributed by atoms with Gasteiger partial charge in [-0.3, -0.25) is 4.79 Å². The molecule has 0 aliphatic carbocycles. The number of ether oxygens (including phenoxy) is 2. The van der Waals surface area contributed by atoms with Gasteiger partial charge in [-0.25, -0.2) is 4.79 Å². The van der Waals surface area contributed by atoms with Gasteiger partial charge in [-0.2, -0.15) is 0 Å². The molecule has 0 atom stereocenters. The summed E-state index contributed by atoms with van der Waals surface area (Å²) in [5, 5.41) is 0.295. The van der Waals surface area contributed by atoms with Crippen molar-refractivity contribution in [2.75, 3.05) is 13.7 Å². The molecule has 1 heterocycles. The number of carbonyl (C=O) groups is 1. The molecule has 0 bridgehead atoms. The normalized spacial score (nSPS) is 10.3. The second kappa shape index (κ2) is 4.91. The van der Waals surface area contributed by atoms with E-state index in [1.54, 1.807) is 18.2 Å². The van der Waals surface area contributed by atoms with Gasteiger partial charge in [0.1, 0.15) is 23.2 Å². The van der Waals surface area contributed by atoms with Crippen LogP contribution in [0.3, 0.4) is 0 Å². The summed E-state index contributed by atoms with van der Waals surface area (Å²) in [7, 11) is 1.21. The predicted molar refractivity (Wildman–Crippen MR) is 65.0 cm³/mol. The lowest BCUT2D eigenvalue weighted by molar-refractivity contribution is 0.0597. The zero-order valence-corrected chi connectivity index (χ0v) is 10.1. The molecule has 5 heteroatoms. The minimum absolute atomic E-state index is 0.126. The highest BCUT2D eigenvalue weighted by atomic mass is 16.5. The van der Waals surface area contributed by atoms with E-state index < -0.39 is 11.4 Å². The Morgan fingerprint density at radius 1 is 1.39 bits per heavy atom. The van der Waals surface area contributed by atoms with Gasteiger partial charge >= 0.3 is 5.97 Å². The highest BCUT2D eigenvalue weighted by molar-refractivity contribution is 5.92. The fourth-order valence-electron chi connectivity index (χ4n) is 1.62. The Hall–Kier alpha value is -2.30. The van der Waals surface area contributed by atoms with Crippen molar-refractivity contribution in [3.05, 3.63) is 40.2 Å². The maximum Gasteiger partial charge on any atom is 0.345 e. The molecule has 0 unspecified atom stereocenters. The minimum atomic E-state index is -0.715. The van der Waals surface area contributed by atoms with Gasteiger partial charge in [-0.05, 0) is 25.1 Å². The van der Waals surface area contributed by atoms with Crippen LogP contribution in [0.1, 0.15) is 17.3 Å². The van der Waals surface area contributed by atoms with Gasteiger partial charge in [0.2, 0.25) is 5.43 Å². The Bertz CT molecular complexity index is 641. The summed E-state index contributed by atoms with van der Waals surface area (Å²) in [6.07, 6.45) is 1.11. The molecule has 0 saturated heterocycles. The molecule has 0 aliphatic heterocycles. The quantitative estimate of drug-likeness (QED) is 0.777. The second-order valence-corrected chi connectivity index (χ2v) is 3.56. The monoisotopic (exact) mass is 248 g/mol. The van der Waals surface area contributed by atoms with E-state index in [4.69, 9.17) is 9.15 Å². The molecule has 2 aromatic rings. The maximum absolute atomic E-state index is 12.1. The lowest BCUT2D eigenvalue weighted by Gasteiger charge is -2.04. The van der Waals surface area contributed by atoms with E-state index in [1.807, 2.05) is 6.92 Å². The number of fused-ring (bicyclic) bond motifs is 1. The van der Waals surface area contributed by atoms with Gasteiger partial charge in [0.15, 0.2) is 0 Å².